The third kappa shape index (κ3) is 6.07. The summed E-state index contributed by atoms with van der Waals surface area (Å²) in [5, 5.41) is 5.54. The van der Waals surface area contributed by atoms with Crippen molar-refractivity contribution in [3.8, 4) is 0 Å². The van der Waals surface area contributed by atoms with Crippen molar-refractivity contribution in [2.24, 2.45) is 0 Å². The number of carbonyl (C=O) groups is 1. The predicted molar refractivity (Wildman–Crippen MR) is 104 cm³/mol. The van der Waals surface area contributed by atoms with E-state index < -0.39 is 10.0 Å². The molecular weight excluding hydrogens is 350 g/mol. The molecule has 6 nitrogen and oxygen atoms in total. The zero-order valence-electron chi connectivity index (χ0n) is 15.2. The number of hydrogen-bond donors (Lipinski definition) is 3. The number of amides is 2. The molecule has 3 N–H and O–H groups in total. The van der Waals surface area contributed by atoms with E-state index in [1.807, 2.05) is 39.0 Å². The minimum absolute atomic E-state index is 0.0932. The van der Waals surface area contributed by atoms with E-state index in [9.17, 15) is 13.2 Å². The van der Waals surface area contributed by atoms with Crippen LogP contribution in [0.15, 0.2) is 53.4 Å². The van der Waals surface area contributed by atoms with Gasteiger partial charge in [-0.3, -0.25) is 4.72 Å². The van der Waals surface area contributed by atoms with Crippen molar-refractivity contribution in [3.63, 3.8) is 0 Å². The van der Waals surface area contributed by atoms with Crippen LogP contribution in [0, 0.1) is 6.92 Å². The molecule has 0 saturated carbocycles. The van der Waals surface area contributed by atoms with E-state index >= 15 is 0 Å². The Morgan fingerprint density at radius 2 is 1.77 bits per heavy atom. The maximum atomic E-state index is 12.4. The molecule has 0 unspecified atom stereocenters. The molecule has 0 aliphatic heterocycles. The minimum atomic E-state index is -3.60. The van der Waals surface area contributed by atoms with E-state index in [4.69, 9.17) is 0 Å². The maximum absolute atomic E-state index is 12.4. The molecule has 0 spiro atoms. The van der Waals surface area contributed by atoms with Crippen molar-refractivity contribution >= 4 is 21.7 Å². The number of urea groups is 1. The zero-order chi connectivity index (χ0) is 19.2. The summed E-state index contributed by atoms with van der Waals surface area (Å²) in [6.45, 7) is 6.16. The van der Waals surface area contributed by atoms with Crippen molar-refractivity contribution in [1.82, 2.24) is 10.6 Å². The van der Waals surface area contributed by atoms with Gasteiger partial charge in [-0.25, -0.2) is 13.2 Å². The first-order valence-electron chi connectivity index (χ1n) is 8.49. The van der Waals surface area contributed by atoms with E-state index in [0.29, 0.717) is 18.7 Å². The average molecular weight is 375 g/mol. The summed E-state index contributed by atoms with van der Waals surface area (Å²) in [4.78, 5) is 11.8. The van der Waals surface area contributed by atoms with Gasteiger partial charge in [-0.05, 0) is 62.6 Å². The smallest absolute Gasteiger partial charge is 0.314 e. The standard InChI is InChI=1S/C19H25N3O3S/c1-14(2)21-19(23)20-12-11-16-7-9-17(10-8-16)22-26(24,25)18-6-4-5-15(3)13-18/h4-10,13-14,22H,11-12H2,1-3H3,(H2,20,21,23). The van der Waals surface area contributed by atoms with Gasteiger partial charge in [0.1, 0.15) is 0 Å². The summed E-state index contributed by atoms with van der Waals surface area (Å²) in [5.74, 6) is 0. The lowest BCUT2D eigenvalue weighted by Gasteiger charge is -2.11. The molecule has 140 valence electrons. The number of aryl methyl sites for hydroxylation is 1. The predicted octanol–water partition coefficient (Wildman–Crippen LogP) is 3.05. The highest BCUT2D eigenvalue weighted by Gasteiger charge is 2.14. The van der Waals surface area contributed by atoms with Gasteiger partial charge >= 0.3 is 6.03 Å². The Kier molecular flexibility index (Phi) is 6.63. The van der Waals surface area contributed by atoms with Crippen molar-refractivity contribution in [1.29, 1.82) is 0 Å². The Hall–Kier alpha value is -2.54. The van der Waals surface area contributed by atoms with Crippen LogP contribution in [-0.4, -0.2) is 27.0 Å². The molecule has 0 atom stereocenters. The molecule has 0 aliphatic carbocycles. The Balaban J connectivity index is 1.92. The molecule has 0 heterocycles. The van der Waals surface area contributed by atoms with Crippen LogP contribution in [0.5, 0.6) is 0 Å². The molecule has 0 aliphatic rings. The van der Waals surface area contributed by atoms with Crippen LogP contribution < -0.4 is 15.4 Å². The van der Waals surface area contributed by atoms with Crippen LogP contribution in [-0.2, 0) is 16.4 Å². The Morgan fingerprint density at radius 1 is 1.08 bits per heavy atom. The van der Waals surface area contributed by atoms with Gasteiger partial charge in [0.25, 0.3) is 10.0 Å². The highest BCUT2D eigenvalue weighted by Crippen LogP contribution is 2.17. The van der Waals surface area contributed by atoms with Gasteiger partial charge in [0.2, 0.25) is 0 Å². The van der Waals surface area contributed by atoms with Crippen molar-refractivity contribution in [2.45, 2.75) is 38.1 Å². The van der Waals surface area contributed by atoms with Gasteiger partial charge in [-0.1, -0.05) is 24.3 Å². The second-order valence-corrected chi connectivity index (χ2v) is 8.11. The van der Waals surface area contributed by atoms with Gasteiger partial charge < -0.3 is 10.6 Å². The normalized spacial score (nSPS) is 11.2. The lowest BCUT2D eigenvalue weighted by Crippen LogP contribution is -2.40. The summed E-state index contributed by atoms with van der Waals surface area (Å²) in [6.07, 6.45) is 0.663. The summed E-state index contributed by atoms with van der Waals surface area (Å²) < 4.78 is 27.4. The maximum Gasteiger partial charge on any atom is 0.314 e. The Morgan fingerprint density at radius 3 is 2.38 bits per heavy atom. The molecule has 0 radical (unpaired) electrons. The van der Waals surface area contributed by atoms with E-state index in [1.54, 1.807) is 30.3 Å². The number of benzene rings is 2. The topological polar surface area (TPSA) is 87.3 Å². The highest BCUT2D eigenvalue weighted by atomic mass is 32.2. The molecule has 0 bridgehead atoms. The van der Waals surface area contributed by atoms with E-state index in [-0.39, 0.29) is 17.0 Å². The Bertz CT molecular complexity index is 847. The summed E-state index contributed by atoms with van der Waals surface area (Å²) >= 11 is 0. The molecule has 0 saturated heterocycles. The van der Waals surface area contributed by atoms with Gasteiger partial charge in [-0.15, -0.1) is 0 Å². The first-order chi connectivity index (χ1) is 12.3. The molecule has 26 heavy (non-hydrogen) atoms. The number of carbonyl (C=O) groups excluding carboxylic acids is 1. The largest absolute Gasteiger partial charge is 0.338 e. The molecule has 2 amide bonds. The van der Waals surface area contributed by atoms with Crippen molar-refractivity contribution in [3.05, 3.63) is 59.7 Å². The lowest BCUT2D eigenvalue weighted by atomic mass is 10.1. The third-order valence-corrected chi connectivity index (χ3v) is 5.00. The molecular formula is C19H25N3O3S. The summed E-state index contributed by atoms with van der Waals surface area (Å²) in [7, 11) is -3.60. The van der Waals surface area contributed by atoms with E-state index in [1.165, 1.54) is 0 Å². The van der Waals surface area contributed by atoms with Gasteiger partial charge in [0.15, 0.2) is 0 Å². The van der Waals surface area contributed by atoms with Crippen LogP contribution in [0.1, 0.15) is 25.0 Å². The number of anilines is 1. The van der Waals surface area contributed by atoms with Crippen LogP contribution in [0.3, 0.4) is 0 Å². The summed E-state index contributed by atoms with van der Waals surface area (Å²) in [5.41, 5.74) is 2.39. The first kappa shape index (κ1) is 19.8. The third-order valence-electron chi connectivity index (χ3n) is 3.62. The fraction of sp³-hybridized carbons (Fsp3) is 0.316. The second kappa shape index (κ2) is 8.71. The monoisotopic (exact) mass is 375 g/mol. The first-order valence-corrected chi connectivity index (χ1v) is 9.97. The van der Waals surface area contributed by atoms with E-state index in [2.05, 4.69) is 15.4 Å². The van der Waals surface area contributed by atoms with Crippen LogP contribution in [0.4, 0.5) is 10.5 Å². The van der Waals surface area contributed by atoms with Crippen LogP contribution in [0.25, 0.3) is 0 Å². The molecule has 0 aromatic heterocycles. The van der Waals surface area contributed by atoms with Crippen molar-refractivity contribution in [2.75, 3.05) is 11.3 Å². The van der Waals surface area contributed by atoms with Crippen LogP contribution >= 0.6 is 0 Å². The average Bonchev–Trinajstić information content (AvgIpc) is 2.55. The fourth-order valence-electron chi connectivity index (χ4n) is 2.37. The SMILES string of the molecule is Cc1cccc(S(=O)(=O)Nc2ccc(CCNC(=O)NC(C)C)cc2)c1. The Labute approximate surface area is 155 Å². The number of hydrogen-bond acceptors (Lipinski definition) is 3. The molecule has 2 aromatic rings. The molecule has 2 aromatic carbocycles. The van der Waals surface area contributed by atoms with Gasteiger partial charge in [0, 0.05) is 18.3 Å². The van der Waals surface area contributed by atoms with Crippen LogP contribution in [0.2, 0.25) is 0 Å². The highest BCUT2D eigenvalue weighted by molar-refractivity contribution is 7.92. The number of sulfonamides is 1. The van der Waals surface area contributed by atoms with Gasteiger partial charge in [0.05, 0.1) is 4.90 Å². The second-order valence-electron chi connectivity index (χ2n) is 6.42. The minimum Gasteiger partial charge on any atom is -0.338 e. The lowest BCUT2D eigenvalue weighted by molar-refractivity contribution is 0.238. The number of rotatable bonds is 7. The van der Waals surface area contributed by atoms with Crippen molar-refractivity contribution < 1.29 is 13.2 Å². The molecule has 0 fully saturated rings. The molecule has 7 heteroatoms. The van der Waals surface area contributed by atoms with E-state index in [0.717, 1.165) is 11.1 Å². The zero-order valence-corrected chi connectivity index (χ0v) is 16.1. The fourth-order valence-corrected chi connectivity index (χ4v) is 3.53. The quantitative estimate of drug-likeness (QED) is 0.695. The van der Waals surface area contributed by atoms with Gasteiger partial charge in [-0.2, -0.15) is 0 Å². The summed E-state index contributed by atoms with van der Waals surface area (Å²) in [6, 6.07) is 13.8. The number of nitrogens with one attached hydrogen (secondary N) is 3. The molecule has 2 rings (SSSR count).